The monoisotopic (exact) mass is 335 g/mol. The third-order valence-corrected chi connectivity index (χ3v) is 5.11. The molecule has 3 aromatic rings. The van der Waals surface area contributed by atoms with Gasteiger partial charge in [0.05, 0.1) is 6.42 Å². The van der Waals surface area contributed by atoms with Crippen LogP contribution in [0.2, 0.25) is 0 Å². The maximum absolute atomic E-state index is 12.3. The fourth-order valence-electron chi connectivity index (χ4n) is 3.06. The van der Waals surface area contributed by atoms with Crippen LogP contribution in [0.1, 0.15) is 23.1 Å². The Morgan fingerprint density at radius 3 is 2.75 bits per heavy atom. The third-order valence-electron chi connectivity index (χ3n) is 4.22. The Morgan fingerprint density at radius 1 is 1.04 bits per heavy atom. The molecule has 2 aromatic carbocycles. The number of rotatable bonds is 4. The predicted molar refractivity (Wildman–Crippen MR) is 96.1 cm³/mol. The summed E-state index contributed by atoms with van der Waals surface area (Å²) >= 11 is 1.39. The molecule has 1 amide bonds. The molecule has 5 heteroatoms. The van der Waals surface area contributed by atoms with Gasteiger partial charge in [0.25, 0.3) is 0 Å². The highest BCUT2D eigenvalue weighted by Crippen LogP contribution is 2.26. The number of anilines is 1. The van der Waals surface area contributed by atoms with Crippen molar-refractivity contribution < 1.29 is 4.79 Å². The molecule has 24 heavy (non-hydrogen) atoms. The number of carbonyl (C=O) groups excluding carboxylic acids is 1. The van der Waals surface area contributed by atoms with Crippen molar-refractivity contribution in [2.75, 3.05) is 5.32 Å². The van der Waals surface area contributed by atoms with E-state index in [1.807, 2.05) is 30.3 Å². The van der Waals surface area contributed by atoms with Crippen molar-refractivity contribution >= 4 is 22.4 Å². The largest absolute Gasteiger partial charge is 0.300 e. The van der Waals surface area contributed by atoms with Gasteiger partial charge in [-0.05, 0) is 36.0 Å². The van der Waals surface area contributed by atoms with Gasteiger partial charge in [0, 0.05) is 5.56 Å². The highest BCUT2D eigenvalue weighted by molar-refractivity contribution is 7.18. The molecule has 4 rings (SSSR count). The topological polar surface area (TPSA) is 54.9 Å². The van der Waals surface area contributed by atoms with Crippen LogP contribution >= 0.6 is 11.3 Å². The number of aromatic nitrogens is 2. The number of carbonyl (C=O) groups is 1. The fraction of sp³-hybridized carbons (Fsp3) is 0.211. The van der Waals surface area contributed by atoms with Crippen molar-refractivity contribution in [3.8, 4) is 10.6 Å². The van der Waals surface area contributed by atoms with Crippen molar-refractivity contribution in [2.45, 2.75) is 25.7 Å². The fourth-order valence-corrected chi connectivity index (χ4v) is 3.82. The minimum atomic E-state index is -0.0521. The lowest BCUT2D eigenvalue weighted by molar-refractivity contribution is -0.115. The first kappa shape index (κ1) is 15.0. The van der Waals surface area contributed by atoms with Crippen molar-refractivity contribution in [2.24, 2.45) is 0 Å². The lowest BCUT2D eigenvalue weighted by atomic mass is 10.0. The molecule has 1 aromatic heterocycles. The van der Waals surface area contributed by atoms with Crippen molar-refractivity contribution in [3.05, 3.63) is 65.2 Å². The van der Waals surface area contributed by atoms with Crippen molar-refractivity contribution in [1.29, 1.82) is 0 Å². The number of hydrogen-bond donors (Lipinski definition) is 1. The third kappa shape index (κ3) is 3.21. The number of nitrogens with one attached hydrogen (secondary N) is 1. The minimum Gasteiger partial charge on any atom is -0.300 e. The highest BCUT2D eigenvalue weighted by atomic mass is 32.1. The number of benzene rings is 2. The van der Waals surface area contributed by atoms with Gasteiger partial charge < -0.3 is 5.32 Å². The van der Waals surface area contributed by atoms with E-state index >= 15 is 0 Å². The summed E-state index contributed by atoms with van der Waals surface area (Å²) in [7, 11) is 0. The molecule has 1 aliphatic rings. The zero-order valence-corrected chi connectivity index (χ0v) is 14.0. The zero-order chi connectivity index (χ0) is 16.4. The van der Waals surface area contributed by atoms with E-state index < -0.39 is 0 Å². The summed E-state index contributed by atoms with van der Waals surface area (Å²) in [5, 5.41) is 12.4. The molecule has 1 heterocycles. The first-order chi connectivity index (χ1) is 11.8. The van der Waals surface area contributed by atoms with E-state index in [2.05, 4.69) is 33.7 Å². The summed E-state index contributed by atoms with van der Waals surface area (Å²) in [4.78, 5) is 12.3. The number of hydrogen-bond acceptors (Lipinski definition) is 4. The van der Waals surface area contributed by atoms with Gasteiger partial charge in [-0.3, -0.25) is 4.79 Å². The van der Waals surface area contributed by atoms with Gasteiger partial charge in [-0.1, -0.05) is 59.9 Å². The van der Waals surface area contributed by atoms with Crippen LogP contribution in [-0.2, 0) is 24.1 Å². The smallest absolute Gasteiger partial charge is 0.230 e. The average molecular weight is 335 g/mol. The molecule has 0 fully saturated rings. The molecule has 0 saturated heterocycles. The molecular formula is C19H17N3OS. The lowest BCUT2D eigenvalue weighted by Gasteiger charge is -2.04. The summed E-state index contributed by atoms with van der Waals surface area (Å²) in [6, 6.07) is 16.2. The second-order valence-electron chi connectivity index (χ2n) is 5.96. The van der Waals surface area contributed by atoms with Crippen LogP contribution in [0, 0.1) is 0 Å². The standard InChI is InChI=1S/C19H17N3OS/c23-17(12-13-9-10-14-7-4-8-16(14)11-13)20-19-22-21-18(24-19)15-5-2-1-3-6-15/h1-3,5-6,9-11H,4,7-8,12H2,(H,20,22,23). The van der Waals surface area contributed by atoms with Crippen LogP contribution in [0.3, 0.4) is 0 Å². The van der Waals surface area contributed by atoms with Gasteiger partial charge >= 0.3 is 0 Å². The molecule has 1 N–H and O–H groups in total. The quantitative estimate of drug-likeness (QED) is 0.787. The Labute approximate surface area is 144 Å². The Balaban J connectivity index is 1.42. The molecule has 0 aliphatic heterocycles. The SMILES string of the molecule is O=C(Cc1ccc2c(c1)CCC2)Nc1nnc(-c2ccccc2)s1. The normalized spacial score (nSPS) is 12.8. The Morgan fingerprint density at radius 2 is 1.88 bits per heavy atom. The van der Waals surface area contributed by atoms with Crippen molar-refractivity contribution in [3.63, 3.8) is 0 Å². The molecule has 0 unspecified atom stereocenters. The second kappa shape index (κ2) is 6.53. The molecule has 0 bridgehead atoms. The van der Waals surface area contributed by atoms with Crippen LogP contribution in [0.25, 0.3) is 10.6 Å². The van der Waals surface area contributed by atoms with Gasteiger partial charge in [-0.25, -0.2) is 0 Å². The van der Waals surface area contributed by atoms with Gasteiger partial charge in [0.1, 0.15) is 5.01 Å². The summed E-state index contributed by atoms with van der Waals surface area (Å²) < 4.78 is 0. The average Bonchev–Trinajstić information content (AvgIpc) is 3.24. The first-order valence-electron chi connectivity index (χ1n) is 8.07. The van der Waals surface area contributed by atoms with E-state index in [9.17, 15) is 4.79 Å². The predicted octanol–water partition coefficient (Wildman–Crippen LogP) is 3.88. The molecule has 120 valence electrons. The van der Waals surface area contributed by atoms with Gasteiger partial charge in [-0.2, -0.15) is 0 Å². The van der Waals surface area contributed by atoms with Gasteiger partial charge in [0.15, 0.2) is 0 Å². The molecular weight excluding hydrogens is 318 g/mol. The van der Waals surface area contributed by atoms with E-state index in [1.54, 1.807) is 0 Å². The zero-order valence-electron chi connectivity index (χ0n) is 13.2. The Hall–Kier alpha value is -2.53. The molecule has 4 nitrogen and oxygen atoms in total. The first-order valence-corrected chi connectivity index (χ1v) is 8.89. The highest BCUT2D eigenvalue weighted by Gasteiger charge is 2.13. The van der Waals surface area contributed by atoms with Crippen LogP contribution in [0.15, 0.2) is 48.5 Å². The molecule has 0 spiro atoms. The summed E-state index contributed by atoms with van der Waals surface area (Å²) in [6.45, 7) is 0. The van der Waals surface area contributed by atoms with Crippen LogP contribution < -0.4 is 5.32 Å². The summed E-state index contributed by atoms with van der Waals surface area (Å²) in [5.41, 5.74) is 4.88. The number of fused-ring (bicyclic) bond motifs is 1. The van der Waals surface area contributed by atoms with E-state index in [1.165, 1.54) is 28.9 Å². The molecule has 1 aliphatic carbocycles. The minimum absolute atomic E-state index is 0.0521. The van der Waals surface area contributed by atoms with Gasteiger partial charge in [-0.15, -0.1) is 10.2 Å². The van der Waals surface area contributed by atoms with E-state index in [0.717, 1.165) is 29.0 Å². The number of amides is 1. The van der Waals surface area contributed by atoms with E-state index in [-0.39, 0.29) is 5.91 Å². The summed E-state index contributed by atoms with van der Waals surface area (Å²) in [5.74, 6) is -0.0521. The maximum Gasteiger partial charge on any atom is 0.230 e. The second-order valence-corrected chi connectivity index (χ2v) is 6.94. The lowest BCUT2D eigenvalue weighted by Crippen LogP contribution is -2.14. The van der Waals surface area contributed by atoms with Crippen molar-refractivity contribution in [1.82, 2.24) is 10.2 Å². The number of aryl methyl sites for hydroxylation is 2. The van der Waals surface area contributed by atoms with Gasteiger partial charge in [0.2, 0.25) is 11.0 Å². The van der Waals surface area contributed by atoms with Crippen LogP contribution in [0.4, 0.5) is 5.13 Å². The van der Waals surface area contributed by atoms with Crippen LogP contribution in [-0.4, -0.2) is 16.1 Å². The number of nitrogens with zero attached hydrogens (tertiary/aromatic N) is 2. The molecule has 0 radical (unpaired) electrons. The maximum atomic E-state index is 12.3. The van der Waals surface area contributed by atoms with E-state index in [4.69, 9.17) is 0 Å². The Kier molecular flexibility index (Phi) is 4.09. The van der Waals surface area contributed by atoms with Crippen LogP contribution in [0.5, 0.6) is 0 Å². The molecule has 0 saturated carbocycles. The molecule has 0 atom stereocenters. The van der Waals surface area contributed by atoms with E-state index in [0.29, 0.717) is 11.6 Å². The Bertz CT molecular complexity index is 873. The summed E-state index contributed by atoms with van der Waals surface area (Å²) in [6.07, 6.45) is 3.88.